The van der Waals surface area contributed by atoms with E-state index in [1.165, 1.54) is 19.3 Å². The maximum absolute atomic E-state index is 5.69. The first kappa shape index (κ1) is 9.05. The van der Waals surface area contributed by atoms with Crippen LogP contribution in [0.1, 0.15) is 40.0 Å². The minimum absolute atomic E-state index is 0.543. The summed E-state index contributed by atoms with van der Waals surface area (Å²) in [5.74, 6) is 1.67. The van der Waals surface area contributed by atoms with Crippen molar-refractivity contribution in [2.24, 2.45) is 23.0 Å². The third-order valence-corrected chi connectivity index (χ3v) is 2.81. The van der Waals surface area contributed by atoms with E-state index in [0.717, 1.165) is 18.4 Å². The highest BCUT2D eigenvalue weighted by Gasteiger charge is 2.30. The third-order valence-electron chi connectivity index (χ3n) is 2.81. The Morgan fingerprint density at radius 1 is 1.36 bits per heavy atom. The molecular formula is C10H21N. The highest BCUT2D eigenvalue weighted by atomic mass is 14.6. The van der Waals surface area contributed by atoms with Crippen LogP contribution in [0.3, 0.4) is 0 Å². The Kier molecular flexibility index (Phi) is 2.58. The number of rotatable bonds is 1. The Morgan fingerprint density at radius 3 is 2.45 bits per heavy atom. The molecule has 1 nitrogen and oxygen atoms in total. The summed E-state index contributed by atoms with van der Waals surface area (Å²) in [5, 5.41) is 0. The average molecular weight is 155 g/mol. The van der Waals surface area contributed by atoms with Crippen LogP contribution in [0.5, 0.6) is 0 Å². The van der Waals surface area contributed by atoms with E-state index >= 15 is 0 Å². The minimum atomic E-state index is 0.543. The van der Waals surface area contributed by atoms with E-state index in [4.69, 9.17) is 5.73 Å². The van der Waals surface area contributed by atoms with Crippen molar-refractivity contribution in [3.63, 3.8) is 0 Å². The fourth-order valence-corrected chi connectivity index (χ4v) is 2.72. The molecule has 2 unspecified atom stereocenters. The standard InChI is InChI=1S/C10H21N/c1-8-4-9(7-11)6-10(2,3)5-8/h8-9H,4-7,11H2,1-3H3. The predicted molar refractivity (Wildman–Crippen MR) is 49.3 cm³/mol. The largest absolute Gasteiger partial charge is 0.330 e. The predicted octanol–water partition coefficient (Wildman–Crippen LogP) is 2.41. The molecule has 0 radical (unpaired) electrons. The molecule has 1 saturated carbocycles. The highest BCUT2D eigenvalue weighted by Crippen LogP contribution is 2.40. The molecule has 0 aromatic heterocycles. The zero-order valence-electron chi connectivity index (χ0n) is 8.06. The number of hydrogen-bond acceptors (Lipinski definition) is 1. The summed E-state index contributed by atoms with van der Waals surface area (Å²) in [7, 11) is 0. The van der Waals surface area contributed by atoms with Crippen LogP contribution in [0.15, 0.2) is 0 Å². The van der Waals surface area contributed by atoms with Crippen molar-refractivity contribution >= 4 is 0 Å². The van der Waals surface area contributed by atoms with E-state index in [-0.39, 0.29) is 0 Å². The van der Waals surface area contributed by atoms with Crippen molar-refractivity contribution in [2.75, 3.05) is 6.54 Å². The SMILES string of the molecule is CC1CC(CN)CC(C)(C)C1. The van der Waals surface area contributed by atoms with Crippen LogP contribution in [0.2, 0.25) is 0 Å². The van der Waals surface area contributed by atoms with Gasteiger partial charge in [-0.05, 0) is 43.1 Å². The fraction of sp³-hybridized carbons (Fsp3) is 1.00. The third kappa shape index (κ3) is 2.48. The van der Waals surface area contributed by atoms with Gasteiger partial charge in [0.1, 0.15) is 0 Å². The monoisotopic (exact) mass is 155 g/mol. The lowest BCUT2D eigenvalue weighted by Gasteiger charge is -2.38. The molecule has 0 saturated heterocycles. The lowest BCUT2D eigenvalue weighted by Crippen LogP contribution is -2.31. The minimum Gasteiger partial charge on any atom is -0.330 e. The molecule has 0 aliphatic heterocycles. The van der Waals surface area contributed by atoms with Gasteiger partial charge < -0.3 is 5.73 Å². The lowest BCUT2D eigenvalue weighted by atomic mass is 9.68. The van der Waals surface area contributed by atoms with E-state index in [1.807, 2.05) is 0 Å². The maximum Gasteiger partial charge on any atom is -0.00486 e. The summed E-state index contributed by atoms with van der Waals surface area (Å²) >= 11 is 0. The van der Waals surface area contributed by atoms with Crippen LogP contribution in [-0.4, -0.2) is 6.54 Å². The van der Waals surface area contributed by atoms with E-state index in [9.17, 15) is 0 Å². The summed E-state index contributed by atoms with van der Waals surface area (Å²) in [5.41, 5.74) is 6.23. The molecule has 1 heteroatoms. The van der Waals surface area contributed by atoms with Crippen molar-refractivity contribution in [3.8, 4) is 0 Å². The zero-order chi connectivity index (χ0) is 8.48. The van der Waals surface area contributed by atoms with Gasteiger partial charge in [0, 0.05) is 0 Å². The van der Waals surface area contributed by atoms with Gasteiger partial charge in [-0.25, -0.2) is 0 Å². The van der Waals surface area contributed by atoms with Gasteiger partial charge in [-0.15, -0.1) is 0 Å². The van der Waals surface area contributed by atoms with Crippen molar-refractivity contribution in [2.45, 2.75) is 40.0 Å². The average Bonchev–Trinajstić information content (AvgIpc) is 1.83. The second kappa shape index (κ2) is 3.14. The van der Waals surface area contributed by atoms with E-state index < -0.39 is 0 Å². The smallest absolute Gasteiger partial charge is 0.00486 e. The summed E-state index contributed by atoms with van der Waals surface area (Å²) < 4.78 is 0. The number of nitrogens with two attached hydrogens (primary N) is 1. The molecule has 1 aliphatic rings. The Morgan fingerprint density at radius 2 is 2.00 bits per heavy atom. The second-order valence-electron chi connectivity index (χ2n) is 5.02. The first-order chi connectivity index (χ1) is 5.03. The molecule has 0 bridgehead atoms. The Labute approximate surface area is 70.4 Å². The van der Waals surface area contributed by atoms with Crippen LogP contribution >= 0.6 is 0 Å². The van der Waals surface area contributed by atoms with Crippen molar-refractivity contribution in [1.29, 1.82) is 0 Å². The van der Waals surface area contributed by atoms with Gasteiger partial charge in [0.25, 0.3) is 0 Å². The normalized spacial score (nSPS) is 37.1. The number of hydrogen-bond donors (Lipinski definition) is 1. The van der Waals surface area contributed by atoms with Crippen LogP contribution < -0.4 is 5.73 Å². The molecule has 0 heterocycles. The highest BCUT2D eigenvalue weighted by molar-refractivity contribution is 4.82. The molecule has 2 atom stereocenters. The van der Waals surface area contributed by atoms with E-state index in [0.29, 0.717) is 5.41 Å². The summed E-state index contributed by atoms with van der Waals surface area (Å²) in [6.07, 6.45) is 4.05. The van der Waals surface area contributed by atoms with Gasteiger partial charge in [-0.2, -0.15) is 0 Å². The second-order valence-corrected chi connectivity index (χ2v) is 5.02. The summed E-state index contributed by atoms with van der Waals surface area (Å²) in [4.78, 5) is 0. The fourth-order valence-electron chi connectivity index (χ4n) is 2.72. The van der Waals surface area contributed by atoms with Gasteiger partial charge in [-0.1, -0.05) is 20.8 Å². The molecule has 1 fully saturated rings. The van der Waals surface area contributed by atoms with Crippen LogP contribution in [0, 0.1) is 17.3 Å². The van der Waals surface area contributed by atoms with E-state index in [1.54, 1.807) is 0 Å². The van der Waals surface area contributed by atoms with Crippen molar-refractivity contribution in [1.82, 2.24) is 0 Å². The molecule has 0 spiro atoms. The quantitative estimate of drug-likeness (QED) is 0.618. The molecule has 0 amide bonds. The molecule has 1 rings (SSSR count). The van der Waals surface area contributed by atoms with Gasteiger partial charge in [0.05, 0.1) is 0 Å². The summed E-state index contributed by atoms with van der Waals surface area (Å²) in [6.45, 7) is 7.97. The topological polar surface area (TPSA) is 26.0 Å². The van der Waals surface area contributed by atoms with Crippen molar-refractivity contribution in [3.05, 3.63) is 0 Å². The van der Waals surface area contributed by atoms with Crippen LogP contribution in [0.4, 0.5) is 0 Å². The zero-order valence-corrected chi connectivity index (χ0v) is 8.06. The molecule has 66 valence electrons. The molecule has 1 aliphatic carbocycles. The molecular weight excluding hydrogens is 134 g/mol. The molecule has 11 heavy (non-hydrogen) atoms. The van der Waals surface area contributed by atoms with E-state index in [2.05, 4.69) is 20.8 Å². The maximum atomic E-state index is 5.69. The Bertz CT molecular complexity index is 129. The van der Waals surface area contributed by atoms with Gasteiger partial charge >= 0.3 is 0 Å². The van der Waals surface area contributed by atoms with Crippen LogP contribution in [-0.2, 0) is 0 Å². The molecule has 0 aromatic rings. The molecule has 2 N–H and O–H groups in total. The first-order valence-corrected chi connectivity index (χ1v) is 4.73. The Hall–Kier alpha value is -0.0400. The lowest BCUT2D eigenvalue weighted by molar-refractivity contribution is 0.137. The molecule has 0 aromatic carbocycles. The first-order valence-electron chi connectivity index (χ1n) is 4.73. The van der Waals surface area contributed by atoms with Crippen LogP contribution in [0.25, 0.3) is 0 Å². The Balaban J connectivity index is 2.51. The van der Waals surface area contributed by atoms with Crippen molar-refractivity contribution < 1.29 is 0 Å². The van der Waals surface area contributed by atoms with Gasteiger partial charge in [0.15, 0.2) is 0 Å². The van der Waals surface area contributed by atoms with Gasteiger partial charge in [-0.3, -0.25) is 0 Å². The summed E-state index contributed by atoms with van der Waals surface area (Å²) in [6, 6.07) is 0. The van der Waals surface area contributed by atoms with Gasteiger partial charge in [0.2, 0.25) is 0 Å².